The molecule has 3 rings (SSSR count). The quantitative estimate of drug-likeness (QED) is 0.845. The van der Waals surface area contributed by atoms with Crippen LogP contribution in [0.1, 0.15) is 24.1 Å². The molecule has 0 spiro atoms. The molecular formula is C12H19N3S. The molecule has 1 saturated carbocycles. The first-order chi connectivity index (χ1) is 7.92. The summed E-state index contributed by atoms with van der Waals surface area (Å²) in [5.41, 5.74) is 1.90. The Kier molecular flexibility index (Phi) is 3.22. The van der Waals surface area contributed by atoms with E-state index in [9.17, 15) is 0 Å². The van der Waals surface area contributed by atoms with Crippen molar-refractivity contribution in [3.8, 4) is 0 Å². The molecule has 2 aliphatic rings. The molecule has 1 N–H and O–H groups in total. The van der Waals surface area contributed by atoms with Crippen LogP contribution in [-0.2, 0) is 6.54 Å². The van der Waals surface area contributed by atoms with Gasteiger partial charge in [0, 0.05) is 30.2 Å². The summed E-state index contributed by atoms with van der Waals surface area (Å²) in [5.74, 6) is 0.869. The molecule has 16 heavy (non-hydrogen) atoms. The van der Waals surface area contributed by atoms with E-state index in [1.165, 1.54) is 43.8 Å². The fraction of sp³-hybridized carbons (Fsp3) is 0.750. The first-order valence-corrected chi connectivity index (χ1v) is 7.12. The summed E-state index contributed by atoms with van der Waals surface area (Å²) >= 11 is 1.74. The van der Waals surface area contributed by atoms with Crippen molar-refractivity contribution >= 4 is 11.3 Å². The standard InChI is InChI=1S/C12H19N3S/c1-2-11(1)15-4-3-10(8-15)5-13-6-12-7-14-9-16-12/h7,9-11,13H,1-6,8H2. The molecule has 1 saturated heterocycles. The lowest BCUT2D eigenvalue weighted by Gasteiger charge is -2.14. The van der Waals surface area contributed by atoms with Crippen molar-refractivity contribution in [3.05, 3.63) is 16.6 Å². The van der Waals surface area contributed by atoms with Crippen LogP contribution in [0.25, 0.3) is 0 Å². The van der Waals surface area contributed by atoms with Crippen LogP contribution < -0.4 is 5.32 Å². The number of rotatable bonds is 5. The van der Waals surface area contributed by atoms with Crippen molar-refractivity contribution in [2.45, 2.75) is 31.8 Å². The molecule has 1 aromatic rings. The number of likely N-dealkylation sites (tertiary alicyclic amines) is 1. The number of aromatic nitrogens is 1. The molecule has 0 radical (unpaired) electrons. The number of thiazole rings is 1. The fourth-order valence-electron chi connectivity index (χ4n) is 2.53. The van der Waals surface area contributed by atoms with Crippen molar-refractivity contribution in [3.63, 3.8) is 0 Å². The van der Waals surface area contributed by atoms with Gasteiger partial charge in [0.25, 0.3) is 0 Å². The van der Waals surface area contributed by atoms with Crippen LogP contribution in [-0.4, -0.2) is 35.6 Å². The summed E-state index contributed by atoms with van der Waals surface area (Å²) in [6.07, 6.45) is 6.23. The third-order valence-corrected chi connectivity index (χ3v) is 4.38. The summed E-state index contributed by atoms with van der Waals surface area (Å²) in [4.78, 5) is 8.11. The van der Waals surface area contributed by atoms with Crippen LogP contribution in [0.3, 0.4) is 0 Å². The van der Waals surface area contributed by atoms with Crippen molar-refractivity contribution in [2.75, 3.05) is 19.6 Å². The first kappa shape index (κ1) is 10.7. The average Bonchev–Trinajstić information content (AvgIpc) is 2.83. The molecule has 0 aromatic carbocycles. The molecule has 0 bridgehead atoms. The normalized spacial score (nSPS) is 26.4. The third-order valence-electron chi connectivity index (χ3n) is 3.60. The largest absolute Gasteiger partial charge is 0.311 e. The highest BCUT2D eigenvalue weighted by Crippen LogP contribution is 2.31. The molecule has 88 valence electrons. The van der Waals surface area contributed by atoms with E-state index < -0.39 is 0 Å². The molecule has 2 heterocycles. The van der Waals surface area contributed by atoms with E-state index >= 15 is 0 Å². The number of nitrogens with one attached hydrogen (secondary N) is 1. The lowest BCUT2D eigenvalue weighted by Crippen LogP contribution is -2.27. The zero-order chi connectivity index (χ0) is 10.8. The molecule has 1 unspecified atom stereocenters. The second-order valence-corrected chi connectivity index (χ2v) is 5.95. The van der Waals surface area contributed by atoms with Crippen LogP contribution in [0.4, 0.5) is 0 Å². The molecule has 2 fully saturated rings. The fourth-order valence-corrected chi connectivity index (χ4v) is 3.09. The van der Waals surface area contributed by atoms with Crippen LogP contribution >= 0.6 is 11.3 Å². The van der Waals surface area contributed by atoms with Crippen molar-refractivity contribution < 1.29 is 0 Å². The Morgan fingerprint density at radius 2 is 2.38 bits per heavy atom. The van der Waals surface area contributed by atoms with E-state index in [4.69, 9.17) is 0 Å². The van der Waals surface area contributed by atoms with E-state index in [1.807, 2.05) is 11.7 Å². The Hall–Kier alpha value is -0.450. The first-order valence-electron chi connectivity index (χ1n) is 6.24. The highest BCUT2D eigenvalue weighted by molar-refractivity contribution is 7.09. The van der Waals surface area contributed by atoms with Gasteiger partial charge in [0.2, 0.25) is 0 Å². The van der Waals surface area contributed by atoms with Crippen LogP contribution in [0, 0.1) is 5.92 Å². The number of nitrogens with zero attached hydrogens (tertiary/aromatic N) is 2. The summed E-state index contributed by atoms with van der Waals surface area (Å²) in [6.45, 7) is 4.81. The minimum Gasteiger partial charge on any atom is -0.311 e. The number of hydrogen-bond donors (Lipinski definition) is 1. The minimum absolute atomic E-state index is 0.869. The summed E-state index contributed by atoms with van der Waals surface area (Å²) < 4.78 is 0. The molecular weight excluding hydrogens is 218 g/mol. The Bertz CT molecular complexity index is 321. The van der Waals surface area contributed by atoms with Gasteiger partial charge in [-0.3, -0.25) is 4.98 Å². The van der Waals surface area contributed by atoms with Crippen molar-refractivity contribution in [2.24, 2.45) is 5.92 Å². The van der Waals surface area contributed by atoms with Gasteiger partial charge in [0.15, 0.2) is 0 Å². The maximum Gasteiger partial charge on any atom is 0.0794 e. The molecule has 3 nitrogen and oxygen atoms in total. The Labute approximate surface area is 101 Å². The van der Waals surface area contributed by atoms with Crippen molar-refractivity contribution in [1.82, 2.24) is 15.2 Å². The zero-order valence-corrected chi connectivity index (χ0v) is 10.4. The smallest absolute Gasteiger partial charge is 0.0794 e. The predicted octanol–water partition coefficient (Wildman–Crippen LogP) is 1.72. The van der Waals surface area contributed by atoms with Gasteiger partial charge in [-0.2, -0.15) is 0 Å². The van der Waals surface area contributed by atoms with Gasteiger partial charge in [-0.1, -0.05) is 0 Å². The number of hydrogen-bond acceptors (Lipinski definition) is 4. The average molecular weight is 237 g/mol. The third kappa shape index (κ3) is 2.62. The highest BCUT2D eigenvalue weighted by atomic mass is 32.1. The second-order valence-electron chi connectivity index (χ2n) is 4.98. The van der Waals surface area contributed by atoms with E-state index in [0.717, 1.165) is 18.5 Å². The van der Waals surface area contributed by atoms with E-state index in [-0.39, 0.29) is 0 Å². The molecule has 1 atom stereocenters. The predicted molar refractivity (Wildman–Crippen MR) is 66.5 cm³/mol. The van der Waals surface area contributed by atoms with Crippen LogP contribution in [0.5, 0.6) is 0 Å². The van der Waals surface area contributed by atoms with Gasteiger partial charge in [0.1, 0.15) is 0 Å². The van der Waals surface area contributed by atoms with Crippen LogP contribution in [0.15, 0.2) is 11.7 Å². The maximum atomic E-state index is 4.09. The summed E-state index contributed by atoms with van der Waals surface area (Å²) in [6, 6.07) is 0.950. The van der Waals surface area contributed by atoms with E-state index in [2.05, 4.69) is 15.2 Å². The monoisotopic (exact) mass is 237 g/mol. The van der Waals surface area contributed by atoms with Gasteiger partial charge >= 0.3 is 0 Å². The maximum absolute atomic E-state index is 4.09. The van der Waals surface area contributed by atoms with Gasteiger partial charge < -0.3 is 10.2 Å². The highest BCUT2D eigenvalue weighted by Gasteiger charge is 2.33. The zero-order valence-electron chi connectivity index (χ0n) is 9.56. The molecule has 1 aliphatic carbocycles. The Morgan fingerprint density at radius 1 is 1.44 bits per heavy atom. The van der Waals surface area contributed by atoms with Crippen molar-refractivity contribution in [1.29, 1.82) is 0 Å². The second kappa shape index (κ2) is 4.82. The summed E-state index contributed by atoms with van der Waals surface area (Å²) in [7, 11) is 0. The van der Waals surface area contributed by atoms with Gasteiger partial charge in [0.05, 0.1) is 5.51 Å². The summed E-state index contributed by atoms with van der Waals surface area (Å²) in [5, 5.41) is 3.55. The van der Waals surface area contributed by atoms with E-state index in [1.54, 1.807) is 11.3 Å². The Balaban J connectivity index is 1.36. The topological polar surface area (TPSA) is 28.2 Å². The minimum atomic E-state index is 0.869. The Morgan fingerprint density at radius 3 is 3.12 bits per heavy atom. The molecule has 1 aromatic heterocycles. The van der Waals surface area contributed by atoms with Gasteiger partial charge in [-0.25, -0.2) is 0 Å². The SMILES string of the molecule is c1ncc(CNCC2CCN(C3CC3)C2)s1. The lowest BCUT2D eigenvalue weighted by molar-refractivity contribution is 0.312. The van der Waals surface area contributed by atoms with Gasteiger partial charge in [-0.05, 0) is 38.3 Å². The van der Waals surface area contributed by atoms with E-state index in [0.29, 0.717) is 0 Å². The van der Waals surface area contributed by atoms with Gasteiger partial charge in [-0.15, -0.1) is 11.3 Å². The molecule has 1 aliphatic heterocycles. The molecule has 4 heteroatoms. The molecule has 0 amide bonds. The van der Waals surface area contributed by atoms with Crippen LogP contribution in [0.2, 0.25) is 0 Å². The lowest BCUT2D eigenvalue weighted by atomic mass is 10.1.